The van der Waals surface area contributed by atoms with Gasteiger partial charge in [-0.25, -0.2) is 18.4 Å². The second-order valence-corrected chi connectivity index (χ2v) is 11.6. The Labute approximate surface area is 219 Å². The van der Waals surface area contributed by atoms with Crippen LogP contribution in [0.5, 0.6) is 0 Å². The van der Waals surface area contributed by atoms with Crippen molar-refractivity contribution in [2.24, 2.45) is 23.2 Å². The van der Waals surface area contributed by atoms with E-state index in [1.807, 2.05) is 0 Å². The number of fused-ring (bicyclic) bond motifs is 2. The van der Waals surface area contributed by atoms with Gasteiger partial charge in [-0.05, 0) is 63.5 Å². The first-order valence-electron chi connectivity index (χ1n) is 12.8. The molecule has 0 aromatic heterocycles. The molecule has 38 heavy (non-hydrogen) atoms. The van der Waals surface area contributed by atoms with Crippen LogP contribution in [0.1, 0.15) is 51.2 Å². The summed E-state index contributed by atoms with van der Waals surface area (Å²) in [5.41, 5.74) is -2.22. The number of nitrogens with one attached hydrogen (secondary N) is 1. The summed E-state index contributed by atoms with van der Waals surface area (Å²) in [6.07, 6.45) is 1.08. The Morgan fingerprint density at radius 2 is 1.45 bits per heavy atom. The van der Waals surface area contributed by atoms with Crippen LogP contribution in [0.4, 0.5) is 13.6 Å². The average Bonchev–Trinajstić information content (AvgIpc) is 3.74. The summed E-state index contributed by atoms with van der Waals surface area (Å²) in [6.45, 7) is 4.55. The van der Waals surface area contributed by atoms with Gasteiger partial charge in [0.15, 0.2) is 0 Å². The smallest absolute Gasteiger partial charge is 0.408 e. The van der Waals surface area contributed by atoms with E-state index >= 15 is 0 Å². The number of ether oxygens (including phenoxy) is 3. The molecule has 1 N–H and O–H groups in total. The first-order chi connectivity index (χ1) is 18.0. The first kappa shape index (κ1) is 26.1. The lowest BCUT2D eigenvalue weighted by molar-refractivity contribution is -0.156. The molecule has 3 fully saturated rings. The van der Waals surface area contributed by atoms with Gasteiger partial charge in [0.05, 0.1) is 5.92 Å². The van der Waals surface area contributed by atoms with Gasteiger partial charge in [0.25, 0.3) is 0 Å². The van der Waals surface area contributed by atoms with Crippen molar-refractivity contribution in [3.8, 4) is 0 Å². The quantitative estimate of drug-likeness (QED) is 0.400. The Bertz CT molecular complexity index is 1270. The third-order valence-electron chi connectivity index (χ3n) is 7.82. The molecule has 0 saturated heterocycles. The normalized spacial score (nSPS) is 26.3. The third kappa shape index (κ3) is 4.86. The average molecular weight is 528 g/mol. The fraction of sp³-hybridized carbons (Fsp3) is 0.483. The Morgan fingerprint density at radius 1 is 0.895 bits per heavy atom. The highest BCUT2D eigenvalue weighted by molar-refractivity contribution is 5.91. The van der Waals surface area contributed by atoms with Crippen LogP contribution in [-0.2, 0) is 37.0 Å². The molecule has 0 heterocycles. The Balaban J connectivity index is 1.38. The topological polar surface area (TPSA) is 90.9 Å². The van der Waals surface area contributed by atoms with Crippen LogP contribution in [0.3, 0.4) is 0 Å². The number of benzene rings is 2. The molecule has 1 spiro atoms. The molecule has 1 amide bonds. The zero-order valence-electron chi connectivity index (χ0n) is 21.6. The van der Waals surface area contributed by atoms with Gasteiger partial charge in [-0.3, -0.25) is 4.79 Å². The molecule has 2 aromatic rings. The highest BCUT2D eigenvalue weighted by Crippen LogP contribution is 2.79. The van der Waals surface area contributed by atoms with Crippen molar-refractivity contribution in [3.05, 3.63) is 71.3 Å². The molecular formula is C29H31F2NO6. The first-order valence-corrected chi connectivity index (χ1v) is 12.8. The van der Waals surface area contributed by atoms with Gasteiger partial charge >= 0.3 is 18.0 Å². The summed E-state index contributed by atoms with van der Waals surface area (Å²) in [5.74, 6) is -3.70. The molecule has 5 rings (SSSR count). The van der Waals surface area contributed by atoms with Crippen LogP contribution < -0.4 is 5.32 Å². The number of carbonyl (C=O) groups is 3. The second kappa shape index (κ2) is 9.36. The molecule has 7 nitrogen and oxygen atoms in total. The van der Waals surface area contributed by atoms with E-state index in [1.165, 1.54) is 30.3 Å². The molecule has 0 aliphatic heterocycles. The van der Waals surface area contributed by atoms with Crippen molar-refractivity contribution in [2.75, 3.05) is 0 Å². The third-order valence-corrected chi connectivity index (χ3v) is 7.82. The number of hydrogen-bond acceptors (Lipinski definition) is 6. The summed E-state index contributed by atoms with van der Waals surface area (Å²) in [6, 6.07) is 12.0. The number of esters is 2. The number of alkyl carbamates (subject to hydrolysis) is 1. The van der Waals surface area contributed by atoms with Gasteiger partial charge in [0, 0.05) is 17.0 Å². The number of amides is 1. The highest BCUT2D eigenvalue weighted by atomic mass is 19.1. The van der Waals surface area contributed by atoms with E-state index in [-0.39, 0.29) is 35.7 Å². The lowest BCUT2D eigenvalue weighted by Gasteiger charge is -2.33. The molecule has 3 saturated carbocycles. The fourth-order valence-corrected chi connectivity index (χ4v) is 6.06. The maximum atomic E-state index is 14.2. The van der Waals surface area contributed by atoms with E-state index < -0.39 is 52.6 Å². The summed E-state index contributed by atoms with van der Waals surface area (Å²) >= 11 is 0. The summed E-state index contributed by atoms with van der Waals surface area (Å²) in [4.78, 5) is 39.8. The molecule has 3 aliphatic carbocycles. The fourth-order valence-electron chi connectivity index (χ4n) is 6.06. The van der Waals surface area contributed by atoms with Crippen LogP contribution in [-0.4, -0.2) is 29.2 Å². The lowest BCUT2D eigenvalue weighted by atomic mass is 9.85. The van der Waals surface area contributed by atoms with Gasteiger partial charge in [-0.2, -0.15) is 0 Å². The predicted octanol–water partition coefficient (Wildman–Crippen LogP) is 5.06. The molecule has 9 heteroatoms. The van der Waals surface area contributed by atoms with Crippen molar-refractivity contribution in [3.63, 3.8) is 0 Å². The van der Waals surface area contributed by atoms with Gasteiger partial charge < -0.3 is 19.5 Å². The van der Waals surface area contributed by atoms with Crippen LogP contribution >= 0.6 is 0 Å². The van der Waals surface area contributed by atoms with E-state index in [0.717, 1.165) is 12.8 Å². The monoisotopic (exact) mass is 527 g/mol. The zero-order chi connectivity index (χ0) is 27.3. The van der Waals surface area contributed by atoms with Crippen molar-refractivity contribution in [2.45, 2.75) is 64.4 Å². The molecule has 0 unspecified atom stereocenters. The summed E-state index contributed by atoms with van der Waals surface area (Å²) in [5, 5.41) is 2.76. The van der Waals surface area contributed by atoms with E-state index in [2.05, 4.69) is 5.32 Å². The molecule has 0 bridgehead atoms. The SMILES string of the molecule is CC(C)(C)OC(=O)N[C@@]1(C(=O)OCc2ccccc2F)CC2(CC2)[C@H]2[C@H](C(=O)OCc3ccccc3F)[C@H]21. The number of rotatable bonds is 7. The number of halogens is 2. The van der Waals surface area contributed by atoms with Crippen molar-refractivity contribution in [1.29, 1.82) is 0 Å². The van der Waals surface area contributed by atoms with Gasteiger partial charge in [-0.1, -0.05) is 36.4 Å². The van der Waals surface area contributed by atoms with E-state index in [0.29, 0.717) is 6.42 Å². The van der Waals surface area contributed by atoms with Crippen molar-refractivity contribution in [1.82, 2.24) is 5.32 Å². The minimum absolute atomic E-state index is 0.188. The second-order valence-electron chi connectivity index (χ2n) is 11.6. The van der Waals surface area contributed by atoms with E-state index in [1.54, 1.807) is 39.0 Å². The molecule has 3 aliphatic rings. The lowest BCUT2D eigenvalue weighted by Crippen LogP contribution is -2.58. The van der Waals surface area contributed by atoms with Crippen LogP contribution in [0.15, 0.2) is 48.5 Å². The number of hydrogen-bond donors (Lipinski definition) is 1. The number of carbonyl (C=O) groups excluding carboxylic acids is 3. The minimum Gasteiger partial charge on any atom is -0.460 e. The maximum absolute atomic E-state index is 14.2. The Morgan fingerprint density at radius 3 is 1.97 bits per heavy atom. The molecular weight excluding hydrogens is 496 g/mol. The predicted molar refractivity (Wildman–Crippen MR) is 131 cm³/mol. The van der Waals surface area contributed by atoms with Crippen LogP contribution in [0.25, 0.3) is 0 Å². The van der Waals surface area contributed by atoms with Crippen LogP contribution in [0.2, 0.25) is 0 Å². The largest absolute Gasteiger partial charge is 0.460 e. The van der Waals surface area contributed by atoms with E-state index in [4.69, 9.17) is 14.2 Å². The zero-order valence-corrected chi connectivity index (χ0v) is 21.6. The Kier molecular flexibility index (Phi) is 6.44. The highest BCUT2D eigenvalue weighted by Gasteiger charge is 2.83. The van der Waals surface area contributed by atoms with E-state index in [9.17, 15) is 23.2 Å². The van der Waals surface area contributed by atoms with Gasteiger partial charge in [0.2, 0.25) is 0 Å². The van der Waals surface area contributed by atoms with Gasteiger partial charge in [-0.15, -0.1) is 0 Å². The van der Waals surface area contributed by atoms with Crippen molar-refractivity contribution < 1.29 is 37.4 Å². The molecule has 202 valence electrons. The Hall–Kier alpha value is -3.49. The van der Waals surface area contributed by atoms with Crippen LogP contribution in [0, 0.1) is 34.8 Å². The van der Waals surface area contributed by atoms with Crippen molar-refractivity contribution >= 4 is 18.0 Å². The standard InChI is InChI=1S/C29H31F2NO6/c1-27(2,3)38-26(35)32-29(25(34)37-15-18-9-5-7-11-20(18)31)16-28(12-13-28)22-21(23(22)29)24(33)36-14-17-8-4-6-10-19(17)30/h4-11,21-23H,12-16H2,1-3H3,(H,32,35)/t21-,22-,23+,29-/m0/s1. The molecule has 4 atom stereocenters. The van der Waals surface area contributed by atoms with Gasteiger partial charge in [0.1, 0.15) is 36.0 Å². The maximum Gasteiger partial charge on any atom is 0.408 e. The summed E-state index contributed by atoms with van der Waals surface area (Å²) in [7, 11) is 0. The summed E-state index contributed by atoms with van der Waals surface area (Å²) < 4.78 is 44.7. The minimum atomic E-state index is -1.53. The molecule has 0 radical (unpaired) electrons. The molecule has 2 aromatic carbocycles.